The highest BCUT2D eigenvalue weighted by atomic mass is 79.9. The number of hydrogen-bond donors (Lipinski definition) is 2. The lowest BCUT2D eigenvalue weighted by molar-refractivity contribution is 0.416. The second kappa shape index (κ2) is 5.73. The minimum Gasteiger partial charge on any atom is -0.496 e. The number of hydrogen-bond acceptors (Lipinski definition) is 3. The first-order valence-electron chi connectivity index (χ1n) is 5.44. The van der Waals surface area contributed by atoms with E-state index in [1.165, 1.54) is 0 Å². The number of rotatable bonds is 4. The van der Waals surface area contributed by atoms with E-state index >= 15 is 0 Å². The lowest BCUT2D eigenvalue weighted by Gasteiger charge is -2.08. The van der Waals surface area contributed by atoms with Crippen LogP contribution in [0.15, 0.2) is 22.9 Å². The van der Waals surface area contributed by atoms with Crippen molar-refractivity contribution in [1.29, 1.82) is 0 Å². The van der Waals surface area contributed by atoms with E-state index in [2.05, 4.69) is 25.9 Å². The molecule has 0 aliphatic carbocycles. The topological polar surface area (TPSA) is 63.9 Å². The van der Waals surface area contributed by atoms with Crippen molar-refractivity contribution in [2.45, 2.75) is 6.42 Å². The van der Waals surface area contributed by atoms with Gasteiger partial charge in [0.25, 0.3) is 0 Å². The Morgan fingerprint density at radius 1 is 1.50 bits per heavy atom. The van der Waals surface area contributed by atoms with Gasteiger partial charge in [-0.2, -0.15) is 0 Å². The molecular formula is C12H13BrClN3O. The molecule has 2 rings (SSSR count). The Hall–Kier alpha value is -1.04. The Bertz CT molecular complexity index is 556. The van der Waals surface area contributed by atoms with Crippen molar-refractivity contribution in [1.82, 2.24) is 9.97 Å². The first kappa shape index (κ1) is 13.4. The maximum atomic E-state index is 6.03. The van der Waals surface area contributed by atoms with Crippen molar-refractivity contribution in [2.24, 2.45) is 5.73 Å². The molecule has 1 heterocycles. The molecule has 3 N–H and O–H groups in total. The molecule has 0 saturated heterocycles. The van der Waals surface area contributed by atoms with Gasteiger partial charge >= 0.3 is 0 Å². The fraction of sp³-hybridized carbons (Fsp3) is 0.250. The second-order valence-corrected chi connectivity index (χ2v) is 4.93. The number of benzene rings is 1. The number of nitrogens with zero attached hydrogens (tertiary/aromatic N) is 1. The molecule has 0 spiro atoms. The number of aromatic amines is 1. The van der Waals surface area contributed by atoms with E-state index in [1.807, 2.05) is 12.1 Å². The van der Waals surface area contributed by atoms with Crippen LogP contribution in [0.4, 0.5) is 0 Å². The average Bonchev–Trinajstić information content (AvgIpc) is 2.71. The first-order chi connectivity index (χ1) is 8.65. The molecule has 0 aliphatic rings. The van der Waals surface area contributed by atoms with Gasteiger partial charge in [-0.25, -0.2) is 4.98 Å². The maximum absolute atomic E-state index is 6.03. The highest BCUT2D eigenvalue weighted by Crippen LogP contribution is 2.34. The van der Waals surface area contributed by atoms with E-state index in [0.29, 0.717) is 22.7 Å². The number of nitrogens with two attached hydrogens (primary N) is 1. The van der Waals surface area contributed by atoms with Crippen molar-refractivity contribution < 1.29 is 4.74 Å². The third-order valence-electron chi connectivity index (χ3n) is 2.56. The fourth-order valence-electron chi connectivity index (χ4n) is 1.79. The Balaban J connectivity index is 2.56. The van der Waals surface area contributed by atoms with E-state index < -0.39 is 0 Å². The van der Waals surface area contributed by atoms with E-state index in [1.54, 1.807) is 13.2 Å². The Labute approximate surface area is 119 Å². The van der Waals surface area contributed by atoms with Gasteiger partial charge in [0.05, 0.1) is 12.8 Å². The maximum Gasteiger partial charge on any atom is 0.175 e. The predicted molar refractivity (Wildman–Crippen MR) is 76.0 cm³/mol. The SMILES string of the molecule is COc1ccc(Cl)cc1-c1nc(Br)[nH]c1CCN. The second-order valence-electron chi connectivity index (χ2n) is 3.74. The van der Waals surface area contributed by atoms with Crippen LogP contribution in [0.1, 0.15) is 5.69 Å². The molecule has 4 nitrogen and oxygen atoms in total. The third kappa shape index (κ3) is 2.68. The summed E-state index contributed by atoms with van der Waals surface area (Å²) in [6.45, 7) is 0.546. The lowest BCUT2D eigenvalue weighted by atomic mass is 10.1. The zero-order valence-electron chi connectivity index (χ0n) is 9.84. The highest BCUT2D eigenvalue weighted by Gasteiger charge is 2.15. The number of methoxy groups -OCH3 is 1. The zero-order chi connectivity index (χ0) is 13.1. The van der Waals surface area contributed by atoms with Crippen LogP contribution in [0, 0.1) is 0 Å². The summed E-state index contributed by atoms with van der Waals surface area (Å²) in [6, 6.07) is 5.45. The highest BCUT2D eigenvalue weighted by molar-refractivity contribution is 9.10. The van der Waals surface area contributed by atoms with E-state index in [4.69, 9.17) is 22.1 Å². The van der Waals surface area contributed by atoms with Gasteiger partial charge in [0.15, 0.2) is 4.73 Å². The summed E-state index contributed by atoms with van der Waals surface area (Å²) in [5.41, 5.74) is 8.23. The van der Waals surface area contributed by atoms with Gasteiger partial charge in [-0.3, -0.25) is 0 Å². The standard InChI is InChI=1S/C12H13BrClN3O/c1-18-10-3-2-7(14)6-8(10)11-9(4-5-15)16-12(13)17-11/h2-3,6H,4-5,15H2,1H3,(H,16,17). The van der Waals surface area contributed by atoms with Crippen LogP contribution in [-0.2, 0) is 6.42 Å². The quantitative estimate of drug-likeness (QED) is 0.906. The molecule has 0 fully saturated rings. The monoisotopic (exact) mass is 329 g/mol. The van der Waals surface area contributed by atoms with Crippen LogP contribution in [0.2, 0.25) is 5.02 Å². The Morgan fingerprint density at radius 3 is 2.94 bits per heavy atom. The van der Waals surface area contributed by atoms with Gasteiger partial charge in [0.1, 0.15) is 5.75 Å². The molecule has 1 aromatic heterocycles. The number of H-pyrrole nitrogens is 1. The summed E-state index contributed by atoms with van der Waals surface area (Å²) in [5.74, 6) is 0.733. The van der Waals surface area contributed by atoms with Crippen molar-refractivity contribution in [3.63, 3.8) is 0 Å². The van der Waals surface area contributed by atoms with Gasteiger partial charge in [0.2, 0.25) is 0 Å². The summed E-state index contributed by atoms with van der Waals surface area (Å²) >= 11 is 9.36. The van der Waals surface area contributed by atoms with Crippen LogP contribution in [0.25, 0.3) is 11.3 Å². The summed E-state index contributed by atoms with van der Waals surface area (Å²) in [7, 11) is 1.62. The minimum absolute atomic E-state index is 0.546. The summed E-state index contributed by atoms with van der Waals surface area (Å²) in [6.07, 6.45) is 0.712. The van der Waals surface area contributed by atoms with Crippen molar-refractivity contribution in [3.8, 4) is 17.0 Å². The number of ether oxygens (including phenoxy) is 1. The molecule has 6 heteroatoms. The van der Waals surface area contributed by atoms with Gasteiger partial charge in [0, 0.05) is 22.7 Å². The molecule has 18 heavy (non-hydrogen) atoms. The number of nitrogens with one attached hydrogen (secondary N) is 1. The van der Waals surface area contributed by atoms with E-state index in [-0.39, 0.29) is 0 Å². The average molecular weight is 331 g/mol. The van der Waals surface area contributed by atoms with Crippen LogP contribution >= 0.6 is 27.5 Å². The molecule has 0 amide bonds. The number of imidazole rings is 1. The molecule has 0 atom stereocenters. The molecule has 0 aliphatic heterocycles. The van der Waals surface area contributed by atoms with Crippen molar-refractivity contribution in [2.75, 3.05) is 13.7 Å². The molecule has 0 saturated carbocycles. The summed E-state index contributed by atoms with van der Waals surface area (Å²) in [5, 5.41) is 0.642. The molecule has 96 valence electrons. The summed E-state index contributed by atoms with van der Waals surface area (Å²) in [4.78, 5) is 7.56. The molecular weight excluding hydrogens is 318 g/mol. The van der Waals surface area contributed by atoms with Crippen LogP contribution in [0.5, 0.6) is 5.75 Å². The lowest BCUT2D eigenvalue weighted by Crippen LogP contribution is -2.04. The predicted octanol–water partition coefficient (Wildman–Crippen LogP) is 3.00. The molecule has 0 radical (unpaired) electrons. The van der Waals surface area contributed by atoms with E-state index in [9.17, 15) is 0 Å². The molecule has 1 aromatic carbocycles. The summed E-state index contributed by atoms with van der Waals surface area (Å²) < 4.78 is 6.01. The smallest absolute Gasteiger partial charge is 0.175 e. The fourth-order valence-corrected chi connectivity index (χ4v) is 2.38. The van der Waals surface area contributed by atoms with Crippen LogP contribution in [0.3, 0.4) is 0 Å². The van der Waals surface area contributed by atoms with Crippen LogP contribution in [-0.4, -0.2) is 23.6 Å². The third-order valence-corrected chi connectivity index (χ3v) is 3.17. The van der Waals surface area contributed by atoms with Crippen LogP contribution < -0.4 is 10.5 Å². The Kier molecular flexibility index (Phi) is 4.27. The minimum atomic E-state index is 0.546. The largest absolute Gasteiger partial charge is 0.496 e. The molecule has 0 bridgehead atoms. The molecule has 2 aromatic rings. The number of halogens is 2. The van der Waals surface area contributed by atoms with Gasteiger partial charge in [-0.15, -0.1) is 0 Å². The van der Waals surface area contributed by atoms with Gasteiger partial charge < -0.3 is 15.5 Å². The Morgan fingerprint density at radius 2 is 2.28 bits per heavy atom. The van der Waals surface area contributed by atoms with Crippen molar-refractivity contribution >= 4 is 27.5 Å². The van der Waals surface area contributed by atoms with Gasteiger partial charge in [-0.05, 0) is 40.7 Å². The first-order valence-corrected chi connectivity index (χ1v) is 6.61. The van der Waals surface area contributed by atoms with Gasteiger partial charge in [-0.1, -0.05) is 11.6 Å². The normalized spacial score (nSPS) is 10.7. The van der Waals surface area contributed by atoms with E-state index in [0.717, 1.165) is 22.7 Å². The van der Waals surface area contributed by atoms with Crippen molar-refractivity contribution in [3.05, 3.63) is 33.6 Å². The number of aromatic nitrogens is 2. The molecule has 0 unspecified atom stereocenters. The zero-order valence-corrected chi connectivity index (χ0v) is 12.2.